The molecular weight excluding hydrogens is 128 g/mol. The Kier molecular flexibility index (Phi) is 3.16. The Morgan fingerprint density at radius 3 is 2.80 bits per heavy atom. The molecule has 0 heterocycles. The van der Waals surface area contributed by atoms with Gasteiger partial charge in [0.05, 0.1) is 19.3 Å². The fraction of sp³-hybridized carbons (Fsp3) is 1.00. The average molecular weight is 144 g/mol. The summed E-state index contributed by atoms with van der Waals surface area (Å²) < 4.78 is 5.37. The average Bonchev–Trinajstić information content (AvgIpc) is 2.31. The summed E-state index contributed by atoms with van der Waals surface area (Å²) in [6, 6.07) is 0. The van der Waals surface area contributed by atoms with E-state index in [2.05, 4.69) is 6.92 Å². The minimum atomic E-state index is 0.158. The van der Waals surface area contributed by atoms with E-state index in [9.17, 15) is 0 Å². The van der Waals surface area contributed by atoms with E-state index >= 15 is 0 Å². The minimum Gasteiger partial charge on any atom is -0.394 e. The van der Waals surface area contributed by atoms with Gasteiger partial charge < -0.3 is 9.84 Å². The highest BCUT2D eigenvalue weighted by atomic mass is 16.5. The van der Waals surface area contributed by atoms with Crippen LogP contribution in [0, 0.1) is 5.92 Å². The lowest BCUT2D eigenvalue weighted by molar-refractivity contribution is 0.0312. The molecule has 1 aliphatic rings. The van der Waals surface area contributed by atoms with Crippen molar-refractivity contribution in [3.05, 3.63) is 0 Å². The van der Waals surface area contributed by atoms with Gasteiger partial charge in [0.15, 0.2) is 0 Å². The summed E-state index contributed by atoms with van der Waals surface area (Å²) in [5.74, 6) is 0.823. The molecule has 10 heavy (non-hydrogen) atoms. The normalized spacial score (nSPS) is 33.0. The van der Waals surface area contributed by atoms with Crippen molar-refractivity contribution < 1.29 is 9.84 Å². The molecule has 1 rings (SSSR count). The maximum absolute atomic E-state index is 8.47. The lowest BCUT2D eigenvalue weighted by Crippen LogP contribution is -2.11. The molecule has 60 valence electrons. The third-order valence-corrected chi connectivity index (χ3v) is 2.09. The van der Waals surface area contributed by atoms with E-state index < -0.39 is 0 Å². The molecule has 0 amide bonds. The number of ether oxygens (including phenoxy) is 1. The maximum atomic E-state index is 8.47. The van der Waals surface area contributed by atoms with Crippen molar-refractivity contribution in [1.29, 1.82) is 0 Å². The molecule has 0 aromatic heterocycles. The first-order chi connectivity index (χ1) is 4.83. The zero-order valence-corrected chi connectivity index (χ0v) is 6.55. The first kappa shape index (κ1) is 8.02. The van der Waals surface area contributed by atoms with Crippen molar-refractivity contribution in [2.24, 2.45) is 5.92 Å². The number of rotatable bonds is 3. The molecule has 0 aliphatic heterocycles. The van der Waals surface area contributed by atoms with Crippen LogP contribution in [0.2, 0.25) is 0 Å². The van der Waals surface area contributed by atoms with Gasteiger partial charge in [0.25, 0.3) is 0 Å². The van der Waals surface area contributed by atoms with E-state index in [0.29, 0.717) is 12.7 Å². The lowest BCUT2D eigenvalue weighted by Gasteiger charge is -2.09. The van der Waals surface area contributed by atoms with Gasteiger partial charge >= 0.3 is 0 Å². The van der Waals surface area contributed by atoms with Gasteiger partial charge in [0, 0.05) is 0 Å². The van der Waals surface area contributed by atoms with E-state index in [4.69, 9.17) is 9.84 Å². The molecule has 1 fully saturated rings. The highest BCUT2D eigenvalue weighted by Gasteiger charge is 2.20. The quantitative estimate of drug-likeness (QED) is 0.644. The van der Waals surface area contributed by atoms with E-state index in [1.54, 1.807) is 0 Å². The SMILES string of the molecule is CC1CC[C@@H](OCCO)C1. The summed E-state index contributed by atoms with van der Waals surface area (Å²) >= 11 is 0. The molecule has 0 bridgehead atoms. The standard InChI is InChI=1S/C8H16O2/c1-7-2-3-8(6-7)10-5-4-9/h7-9H,2-6H2,1H3/t7?,8-/m1/s1. The van der Waals surface area contributed by atoms with Crippen LogP contribution in [-0.4, -0.2) is 24.4 Å². The van der Waals surface area contributed by atoms with Crippen molar-refractivity contribution >= 4 is 0 Å². The minimum absolute atomic E-state index is 0.158. The summed E-state index contributed by atoms with van der Waals surface area (Å²) in [5, 5.41) is 8.47. The van der Waals surface area contributed by atoms with Crippen molar-refractivity contribution in [2.45, 2.75) is 32.3 Å². The first-order valence-corrected chi connectivity index (χ1v) is 4.05. The summed E-state index contributed by atoms with van der Waals surface area (Å²) in [6.07, 6.45) is 4.08. The first-order valence-electron chi connectivity index (χ1n) is 4.05. The molecule has 1 aliphatic carbocycles. The summed E-state index contributed by atoms with van der Waals surface area (Å²) in [6.45, 7) is 2.92. The van der Waals surface area contributed by atoms with Gasteiger partial charge in [-0.25, -0.2) is 0 Å². The highest BCUT2D eigenvalue weighted by molar-refractivity contribution is 4.72. The fourth-order valence-corrected chi connectivity index (χ4v) is 1.53. The Morgan fingerprint density at radius 1 is 1.50 bits per heavy atom. The van der Waals surface area contributed by atoms with Crippen LogP contribution in [-0.2, 0) is 4.74 Å². The van der Waals surface area contributed by atoms with Gasteiger partial charge in [0.1, 0.15) is 0 Å². The number of aliphatic hydroxyl groups excluding tert-OH is 1. The molecule has 2 nitrogen and oxygen atoms in total. The Balaban J connectivity index is 2.06. The third kappa shape index (κ3) is 2.27. The van der Waals surface area contributed by atoms with Crippen molar-refractivity contribution in [1.82, 2.24) is 0 Å². The van der Waals surface area contributed by atoms with E-state index in [1.165, 1.54) is 19.3 Å². The maximum Gasteiger partial charge on any atom is 0.0701 e. The lowest BCUT2D eigenvalue weighted by atomic mass is 10.1. The van der Waals surface area contributed by atoms with E-state index in [1.807, 2.05) is 0 Å². The van der Waals surface area contributed by atoms with Gasteiger partial charge in [-0.3, -0.25) is 0 Å². The van der Waals surface area contributed by atoms with Gasteiger partial charge in [-0.2, -0.15) is 0 Å². The molecule has 0 radical (unpaired) electrons. The fourth-order valence-electron chi connectivity index (χ4n) is 1.53. The van der Waals surface area contributed by atoms with Crippen LogP contribution in [0.25, 0.3) is 0 Å². The molecule has 0 saturated heterocycles. The molecule has 1 unspecified atom stereocenters. The Morgan fingerprint density at radius 2 is 2.30 bits per heavy atom. The number of aliphatic hydroxyl groups is 1. The van der Waals surface area contributed by atoms with Gasteiger partial charge in [-0.15, -0.1) is 0 Å². The molecule has 0 aromatic carbocycles. The Hall–Kier alpha value is -0.0800. The number of hydrogen-bond donors (Lipinski definition) is 1. The second kappa shape index (κ2) is 3.94. The zero-order valence-electron chi connectivity index (χ0n) is 6.55. The van der Waals surface area contributed by atoms with Crippen molar-refractivity contribution in [3.63, 3.8) is 0 Å². The van der Waals surface area contributed by atoms with Crippen molar-refractivity contribution in [3.8, 4) is 0 Å². The summed E-state index contributed by atoms with van der Waals surface area (Å²) in [4.78, 5) is 0. The van der Waals surface area contributed by atoms with Crippen LogP contribution in [0.15, 0.2) is 0 Å². The van der Waals surface area contributed by atoms with Crippen LogP contribution in [0.3, 0.4) is 0 Å². The van der Waals surface area contributed by atoms with Gasteiger partial charge in [-0.05, 0) is 25.2 Å². The smallest absolute Gasteiger partial charge is 0.0701 e. The van der Waals surface area contributed by atoms with E-state index in [0.717, 1.165) is 5.92 Å². The van der Waals surface area contributed by atoms with Crippen LogP contribution in [0.5, 0.6) is 0 Å². The Bertz CT molecular complexity index is 93.3. The Labute approximate surface area is 62.2 Å². The zero-order chi connectivity index (χ0) is 7.40. The number of hydrogen-bond acceptors (Lipinski definition) is 2. The predicted molar refractivity (Wildman–Crippen MR) is 39.8 cm³/mol. The van der Waals surface area contributed by atoms with Gasteiger partial charge in [0.2, 0.25) is 0 Å². The summed E-state index contributed by atoms with van der Waals surface area (Å²) in [5.41, 5.74) is 0. The van der Waals surface area contributed by atoms with Crippen molar-refractivity contribution in [2.75, 3.05) is 13.2 Å². The van der Waals surface area contributed by atoms with Crippen LogP contribution < -0.4 is 0 Å². The third-order valence-electron chi connectivity index (χ3n) is 2.09. The second-order valence-corrected chi connectivity index (χ2v) is 3.13. The molecule has 0 aromatic rings. The van der Waals surface area contributed by atoms with Gasteiger partial charge in [-0.1, -0.05) is 6.92 Å². The largest absolute Gasteiger partial charge is 0.394 e. The monoisotopic (exact) mass is 144 g/mol. The molecule has 1 N–H and O–H groups in total. The summed E-state index contributed by atoms with van der Waals surface area (Å²) in [7, 11) is 0. The topological polar surface area (TPSA) is 29.5 Å². The van der Waals surface area contributed by atoms with E-state index in [-0.39, 0.29) is 6.61 Å². The molecule has 0 spiro atoms. The van der Waals surface area contributed by atoms with Crippen LogP contribution in [0.1, 0.15) is 26.2 Å². The van der Waals surface area contributed by atoms with Crippen LogP contribution >= 0.6 is 0 Å². The predicted octanol–water partition coefficient (Wildman–Crippen LogP) is 1.18. The molecule has 1 saturated carbocycles. The highest BCUT2D eigenvalue weighted by Crippen LogP contribution is 2.26. The molecular formula is C8H16O2. The molecule has 2 heteroatoms. The molecule has 2 atom stereocenters. The second-order valence-electron chi connectivity index (χ2n) is 3.13. The van der Waals surface area contributed by atoms with Crippen LogP contribution in [0.4, 0.5) is 0 Å².